The van der Waals surface area contributed by atoms with Gasteiger partial charge in [-0.1, -0.05) is 69.5 Å². The van der Waals surface area contributed by atoms with Crippen LogP contribution in [0.1, 0.15) is 33.6 Å². The molecule has 1 aromatic heterocycles. The maximum atomic E-state index is 13.3. The van der Waals surface area contributed by atoms with Crippen molar-refractivity contribution in [1.82, 2.24) is 4.98 Å². The second kappa shape index (κ2) is 9.49. The van der Waals surface area contributed by atoms with Gasteiger partial charge in [0.1, 0.15) is 5.75 Å². The number of ketones is 1. The summed E-state index contributed by atoms with van der Waals surface area (Å²) in [7, 11) is 1.49. The Morgan fingerprint density at radius 2 is 1.91 bits per heavy atom. The Kier molecular flexibility index (Phi) is 6.70. The number of hydrogen-bond acceptors (Lipinski definition) is 3. The summed E-state index contributed by atoms with van der Waals surface area (Å²) in [6.45, 7) is 0. The number of allylic oxidation sites excluding steroid dienone is 2. The highest BCUT2D eigenvalue weighted by atomic mass is 79.9. The Bertz CT molecular complexity index is 1330. The summed E-state index contributed by atoms with van der Waals surface area (Å²) in [5.74, 6) is -0.0317. The van der Waals surface area contributed by atoms with Crippen LogP contribution in [0.3, 0.4) is 0 Å². The van der Waals surface area contributed by atoms with Gasteiger partial charge in [-0.25, -0.2) is 0 Å². The third kappa shape index (κ3) is 4.46. The monoisotopic (exact) mass is 529 g/mol. The standard InChI is InChI=1S/C25H18BrCl2NO3/c1-32-24-15(11-17(27)13-19(24)28)7-10-21(30)23-22(14-5-3-2-4-6-14)18-12-16(26)8-9-20(18)29-25(23)31/h2-7,10-13H,8-9H2,1H3,(H,29,31). The lowest BCUT2D eigenvalue weighted by Gasteiger charge is -2.19. The highest BCUT2D eigenvalue weighted by Crippen LogP contribution is 2.36. The van der Waals surface area contributed by atoms with Crippen LogP contribution in [0.4, 0.5) is 0 Å². The van der Waals surface area contributed by atoms with Crippen LogP contribution in [0.15, 0.2) is 57.8 Å². The molecule has 7 heteroatoms. The van der Waals surface area contributed by atoms with Gasteiger partial charge >= 0.3 is 0 Å². The van der Waals surface area contributed by atoms with E-state index < -0.39 is 11.3 Å². The Labute approximate surface area is 203 Å². The zero-order valence-corrected chi connectivity index (χ0v) is 20.1. The van der Waals surface area contributed by atoms with Gasteiger partial charge in [0.05, 0.1) is 17.7 Å². The number of hydrogen-bond donors (Lipinski definition) is 1. The van der Waals surface area contributed by atoms with Gasteiger partial charge in [0.15, 0.2) is 5.78 Å². The molecule has 0 aliphatic heterocycles. The molecule has 0 unspecified atom stereocenters. The number of rotatable bonds is 5. The first kappa shape index (κ1) is 22.6. The molecule has 1 N–H and O–H groups in total. The smallest absolute Gasteiger partial charge is 0.260 e. The number of nitrogens with one attached hydrogen (secondary N) is 1. The van der Waals surface area contributed by atoms with E-state index >= 15 is 0 Å². The molecule has 0 fully saturated rings. The molecule has 4 rings (SSSR count). The fraction of sp³-hybridized carbons (Fsp3) is 0.120. The number of carbonyl (C=O) groups is 1. The van der Waals surface area contributed by atoms with Crippen molar-refractivity contribution in [3.8, 4) is 16.9 Å². The van der Waals surface area contributed by atoms with Crippen LogP contribution in [0.5, 0.6) is 5.75 Å². The molecular formula is C25H18BrCl2NO3. The number of carbonyl (C=O) groups excluding carboxylic acids is 1. The summed E-state index contributed by atoms with van der Waals surface area (Å²) in [6, 6.07) is 12.7. The van der Waals surface area contributed by atoms with Crippen molar-refractivity contribution in [2.24, 2.45) is 0 Å². The number of aromatic amines is 1. The lowest BCUT2D eigenvalue weighted by atomic mass is 9.89. The highest BCUT2D eigenvalue weighted by Gasteiger charge is 2.23. The Balaban J connectivity index is 1.88. The topological polar surface area (TPSA) is 59.2 Å². The van der Waals surface area contributed by atoms with E-state index in [0.29, 0.717) is 33.3 Å². The number of ether oxygens (including phenoxy) is 1. The molecule has 0 radical (unpaired) electrons. The fourth-order valence-electron chi connectivity index (χ4n) is 3.80. The average Bonchev–Trinajstić information content (AvgIpc) is 2.77. The van der Waals surface area contributed by atoms with Crippen molar-refractivity contribution in [3.05, 3.63) is 95.8 Å². The van der Waals surface area contributed by atoms with Gasteiger partial charge in [-0.2, -0.15) is 0 Å². The normalized spacial score (nSPS) is 13.1. The van der Waals surface area contributed by atoms with Gasteiger partial charge in [0.2, 0.25) is 0 Å². The number of aromatic nitrogens is 1. The van der Waals surface area contributed by atoms with E-state index in [1.54, 1.807) is 18.2 Å². The van der Waals surface area contributed by atoms with Crippen LogP contribution in [0.25, 0.3) is 23.3 Å². The third-order valence-corrected chi connectivity index (χ3v) is 6.34. The van der Waals surface area contributed by atoms with Crippen molar-refractivity contribution in [2.75, 3.05) is 7.11 Å². The minimum atomic E-state index is -0.429. The molecule has 1 heterocycles. The second-order valence-electron chi connectivity index (χ2n) is 7.26. The van der Waals surface area contributed by atoms with Crippen LogP contribution in [-0.2, 0) is 6.42 Å². The quantitative estimate of drug-likeness (QED) is 0.287. The number of fused-ring (bicyclic) bond motifs is 1. The molecule has 2 aromatic carbocycles. The summed E-state index contributed by atoms with van der Waals surface area (Å²) in [4.78, 5) is 29.3. The van der Waals surface area contributed by atoms with Crippen LogP contribution < -0.4 is 10.3 Å². The minimum absolute atomic E-state index is 0.0803. The number of pyridine rings is 1. The fourth-order valence-corrected chi connectivity index (χ4v) is 4.82. The summed E-state index contributed by atoms with van der Waals surface area (Å²) in [5, 5.41) is 0.744. The molecule has 1 aliphatic rings. The molecule has 3 aromatic rings. The Morgan fingerprint density at radius 3 is 2.62 bits per heavy atom. The molecule has 0 spiro atoms. The predicted molar refractivity (Wildman–Crippen MR) is 134 cm³/mol. The summed E-state index contributed by atoms with van der Waals surface area (Å²) >= 11 is 15.9. The van der Waals surface area contributed by atoms with E-state index in [9.17, 15) is 9.59 Å². The van der Waals surface area contributed by atoms with Crippen molar-refractivity contribution in [3.63, 3.8) is 0 Å². The van der Waals surface area contributed by atoms with Crippen molar-refractivity contribution >= 4 is 57.1 Å². The number of H-pyrrole nitrogens is 1. The van der Waals surface area contributed by atoms with E-state index in [1.807, 2.05) is 36.4 Å². The van der Waals surface area contributed by atoms with Crippen molar-refractivity contribution in [1.29, 1.82) is 0 Å². The molecule has 32 heavy (non-hydrogen) atoms. The largest absolute Gasteiger partial charge is 0.495 e. The van der Waals surface area contributed by atoms with E-state index in [1.165, 1.54) is 13.2 Å². The van der Waals surface area contributed by atoms with Crippen LogP contribution >= 0.6 is 39.1 Å². The van der Waals surface area contributed by atoms with E-state index in [2.05, 4.69) is 20.9 Å². The summed E-state index contributed by atoms with van der Waals surface area (Å²) in [6.07, 6.45) is 6.34. The highest BCUT2D eigenvalue weighted by molar-refractivity contribution is 9.11. The first-order valence-corrected chi connectivity index (χ1v) is 11.4. The summed E-state index contributed by atoms with van der Waals surface area (Å²) in [5.41, 5.74) is 3.28. The molecule has 1 aliphatic carbocycles. The lowest BCUT2D eigenvalue weighted by Crippen LogP contribution is -2.22. The number of benzene rings is 2. The van der Waals surface area contributed by atoms with Crippen molar-refractivity contribution < 1.29 is 9.53 Å². The zero-order chi connectivity index (χ0) is 22.8. The molecular weight excluding hydrogens is 513 g/mol. The first-order valence-electron chi connectivity index (χ1n) is 9.85. The van der Waals surface area contributed by atoms with Gasteiger partial charge in [-0.15, -0.1) is 0 Å². The van der Waals surface area contributed by atoms with Gasteiger partial charge in [-0.05, 0) is 53.2 Å². The molecule has 4 nitrogen and oxygen atoms in total. The van der Waals surface area contributed by atoms with E-state index in [4.69, 9.17) is 27.9 Å². The maximum Gasteiger partial charge on any atom is 0.260 e. The van der Waals surface area contributed by atoms with Crippen LogP contribution in [0.2, 0.25) is 10.0 Å². The molecule has 0 atom stereocenters. The summed E-state index contributed by atoms with van der Waals surface area (Å²) < 4.78 is 6.35. The third-order valence-electron chi connectivity index (χ3n) is 5.22. The van der Waals surface area contributed by atoms with Gasteiger partial charge in [0, 0.05) is 27.4 Å². The maximum absolute atomic E-state index is 13.3. The van der Waals surface area contributed by atoms with E-state index in [0.717, 1.165) is 27.7 Å². The molecule has 162 valence electrons. The average molecular weight is 531 g/mol. The van der Waals surface area contributed by atoms with Crippen LogP contribution in [-0.4, -0.2) is 17.9 Å². The predicted octanol–water partition coefficient (Wildman–Crippen LogP) is 6.94. The van der Waals surface area contributed by atoms with Gasteiger partial charge in [0.25, 0.3) is 5.56 Å². The minimum Gasteiger partial charge on any atom is -0.495 e. The number of aryl methyl sites for hydroxylation is 1. The number of methoxy groups -OCH3 is 1. The molecule has 0 bridgehead atoms. The lowest BCUT2D eigenvalue weighted by molar-refractivity contribution is 0.104. The molecule has 0 saturated heterocycles. The Morgan fingerprint density at radius 1 is 1.16 bits per heavy atom. The first-order chi connectivity index (χ1) is 15.4. The van der Waals surface area contributed by atoms with Gasteiger partial charge < -0.3 is 9.72 Å². The molecule has 0 saturated carbocycles. The van der Waals surface area contributed by atoms with Crippen molar-refractivity contribution in [2.45, 2.75) is 12.8 Å². The Hall–Kier alpha value is -2.60. The van der Waals surface area contributed by atoms with E-state index in [-0.39, 0.29) is 5.56 Å². The van der Waals surface area contributed by atoms with Gasteiger partial charge in [-0.3, -0.25) is 9.59 Å². The SMILES string of the molecule is COc1c(Cl)cc(Cl)cc1C=CC(=O)c1c(-c2ccccc2)c2c([nH]c1=O)CCC(Br)=C2. The second-order valence-corrected chi connectivity index (χ2v) is 9.12. The van der Waals surface area contributed by atoms with Crippen LogP contribution in [0, 0.1) is 0 Å². The number of halogens is 3. The zero-order valence-electron chi connectivity index (χ0n) is 17.0. The molecule has 0 amide bonds.